The van der Waals surface area contributed by atoms with Crippen LogP contribution in [0.4, 0.5) is 17.3 Å². The number of hydrogen-bond acceptors (Lipinski definition) is 7. The molecule has 1 amide bonds. The lowest BCUT2D eigenvalue weighted by Gasteiger charge is -2.29. The molecule has 4 heterocycles. The van der Waals surface area contributed by atoms with Gasteiger partial charge in [-0.15, -0.1) is 11.3 Å². The third-order valence-electron chi connectivity index (χ3n) is 5.92. The molecule has 0 spiro atoms. The molecule has 0 aromatic carbocycles. The number of carbonyl (C=O) groups excluding carboxylic acids is 1. The van der Waals surface area contributed by atoms with Gasteiger partial charge in [0.05, 0.1) is 21.5 Å². The summed E-state index contributed by atoms with van der Waals surface area (Å²) < 4.78 is 1.04. The Morgan fingerprint density at radius 3 is 2.50 bits per heavy atom. The molecular formula is C24H32N6OS. The minimum atomic E-state index is 0.111. The normalized spacial score (nSPS) is 14.2. The van der Waals surface area contributed by atoms with E-state index in [0.29, 0.717) is 13.1 Å². The molecule has 1 fully saturated rings. The fourth-order valence-corrected chi connectivity index (χ4v) is 5.45. The molecule has 0 bridgehead atoms. The maximum Gasteiger partial charge on any atom is 0.264 e. The Morgan fingerprint density at radius 2 is 1.88 bits per heavy atom. The molecule has 1 saturated heterocycles. The van der Waals surface area contributed by atoms with Crippen molar-refractivity contribution in [1.29, 1.82) is 0 Å². The Labute approximate surface area is 193 Å². The topological polar surface area (TPSA) is 73.4 Å². The van der Waals surface area contributed by atoms with Gasteiger partial charge in [-0.05, 0) is 43.5 Å². The fourth-order valence-electron chi connectivity index (χ4n) is 4.18. The number of rotatable bonds is 7. The molecular weight excluding hydrogens is 420 g/mol. The Morgan fingerprint density at radius 1 is 1.16 bits per heavy atom. The first kappa shape index (κ1) is 22.5. The van der Waals surface area contributed by atoms with Crippen molar-refractivity contribution < 1.29 is 4.79 Å². The second kappa shape index (κ2) is 9.83. The average Bonchev–Trinajstić information content (AvgIpc) is 3.20. The van der Waals surface area contributed by atoms with E-state index < -0.39 is 0 Å². The lowest BCUT2D eigenvalue weighted by Crippen LogP contribution is -2.43. The lowest BCUT2D eigenvalue weighted by molar-refractivity contribution is 0.0776. The molecule has 1 aliphatic heterocycles. The summed E-state index contributed by atoms with van der Waals surface area (Å²) in [6, 6.07) is 6.14. The molecule has 0 unspecified atom stereocenters. The standard InChI is InChI=1S/C24H32N6OS/c1-5-29(6-2)24(31)23-22(16(3)4)18-13-21(27-15-19(18)32-23)28-20-8-7-17(14-26-20)30-11-9-25-10-12-30/h7-8,13-16,25H,5-6,9-12H2,1-4H3,(H,26,27,28). The van der Waals surface area contributed by atoms with E-state index in [0.717, 1.165) is 64.0 Å². The minimum Gasteiger partial charge on any atom is -0.368 e. The van der Waals surface area contributed by atoms with Crippen LogP contribution in [0.15, 0.2) is 30.6 Å². The van der Waals surface area contributed by atoms with Crippen molar-refractivity contribution in [3.05, 3.63) is 41.0 Å². The monoisotopic (exact) mass is 452 g/mol. The quantitative estimate of drug-likeness (QED) is 0.552. The van der Waals surface area contributed by atoms with Gasteiger partial charge in [-0.2, -0.15) is 0 Å². The van der Waals surface area contributed by atoms with Gasteiger partial charge in [0.2, 0.25) is 0 Å². The summed E-state index contributed by atoms with van der Waals surface area (Å²) in [6.45, 7) is 13.7. The number of nitrogens with one attached hydrogen (secondary N) is 2. The second-order valence-corrected chi connectivity index (χ2v) is 9.36. The maximum atomic E-state index is 13.1. The van der Waals surface area contributed by atoms with Gasteiger partial charge in [0, 0.05) is 50.9 Å². The molecule has 1 aliphatic rings. The Kier molecular flexibility index (Phi) is 6.91. The highest BCUT2D eigenvalue weighted by Crippen LogP contribution is 2.38. The zero-order valence-electron chi connectivity index (χ0n) is 19.3. The number of nitrogens with zero attached hydrogens (tertiary/aromatic N) is 4. The Bertz CT molecular complexity index is 1070. The molecule has 8 heteroatoms. The molecule has 32 heavy (non-hydrogen) atoms. The molecule has 0 radical (unpaired) electrons. The van der Waals surface area contributed by atoms with Crippen molar-refractivity contribution in [3.8, 4) is 0 Å². The van der Waals surface area contributed by atoms with Gasteiger partial charge >= 0.3 is 0 Å². The SMILES string of the molecule is CCN(CC)C(=O)c1sc2cnc(Nc3ccc(N4CCNCC4)cn3)cc2c1C(C)C. The largest absolute Gasteiger partial charge is 0.368 e. The highest BCUT2D eigenvalue weighted by molar-refractivity contribution is 7.21. The zero-order valence-corrected chi connectivity index (χ0v) is 20.1. The molecule has 0 atom stereocenters. The number of carbonyl (C=O) groups is 1. The van der Waals surface area contributed by atoms with E-state index in [9.17, 15) is 4.79 Å². The predicted molar refractivity (Wildman–Crippen MR) is 134 cm³/mol. The Balaban J connectivity index is 1.60. The van der Waals surface area contributed by atoms with E-state index >= 15 is 0 Å². The Hall–Kier alpha value is -2.71. The van der Waals surface area contributed by atoms with Crippen LogP contribution in [0.1, 0.15) is 48.8 Å². The van der Waals surface area contributed by atoms with Crippen molar-refractivity contribution >= 4 is 44.7 Å². The molecule has 0 aliphatic carbocycles. The summed E-state index contributed by atoms with van der Waals surface area (Å²) in [5.41, 5.74) is 2.24. The van der Waals surface area contributed by atoms with Crippen LogP contribution in [-0.4, -0.2) is 60.0 Å². The van der Waals surface area contributed by atoms with Crippen LogP contribution in [0.2, 0.25) is 0 Å². The van der Waals surface area contributed by atoms with Gasteiger partial charge in [0.1, 0.15) is 11.6 Å². The van der Waals surface area contributed by atoms with E-state index in [4.69, 9.17) is 0 Å². The highest BCUT2D eigenvalue weighted by Gasteiger charge is 2.24. The molecule has 2 N–H and O–H groups in total. The van der Waals surface area contributed by atoms with Gasteiger partial charge < -0.3 is 20.4 Å². The summed E-state index contributed by atoms with van der Waals surface area (Å²) in [4.78, 5) is 27.4. The molecule has 3 aromatic heterocycles. The molecule has 4 rings (SSSR count). The van der Waals surface area contributed by atoms with Crippen LogP contribution in [0.25, 0.3) is 10.1 Å². The van der Waals surface area contributed by atoms with Gasteiger partial charge in [0.15, 0.2) is 0 Å². The number of piperazine rings is 1. The first-order valence-electron chi connectivity index (χ1n) is 11.4. The van der Waals surface area contributed by atoms with Crippen LogP contribution < -0.4 is 15.5 Å². The first-order chi connectivity index (χ1) is 15.5. The van der Waals surface area contributed by atoms with Crippen LogP contribution in [-0.2, 0) is 0 Å². The van der Waals surface area contributed by atoms with Crippen molar-refractivity contribution in [2.75, 3.05) is 49.5 Å². The molecule has 7 nitrogen and oxygen atoms in total. The zero-order chi connectivity index (χ0) is 22.7. The number of fused-ring (bicyclic) bond motifs is 1. The van der Waals surface area contributed by atoms with Crippen molar-refractivity contribution in [1.82, 2.24) is 20.2 Å². The average molecular weight is 453 g/mol. The summed E-state index contributed by atoms with van der Waals surface area (Å²) >= 11 is 1.54. The number of amides is 1. The number of pyridine rings is 2. The van der Waals surface area contributed by atoms with Crippen molar-refractivity contribution in [2.45, 2.75) is 33.6 Å². The summed E-state index contributed by atoms with van der Waals surface area (Å²) in [6.07, 6.45) is 3.78. The molecule has 3 aromatic rings. The van der Waals surface area contributed by atoms with Crippen LogP contribution >= 0.6 is 11.3 Å². The third-order valence-corrected chi connectivity index (χ3v) is 7.07. The summed E-state index contributed by atoms with van der Waals surface area (Å²) in [7, 11) is 0. The van der Waals surface area contributed by atoms with E-state index in [2.05, 4.69) is 45.4 Å². The van der Waals surface area contributed by atoms with E-state index in [-0.39, 0.29) is 11.8 Å². The predicted octanol–water partition coefficient (Wildman–Crippen LogP) is 4.45. The van der Waals surface area contributed by atoms with E-state index in [1.807, 2.05) is 43.3 Å². The summed E-state index contributed by atoms with van der Waals surface area (Å²) in [5, 5.41) is 7.80. The molecule has 170 valence electrons. The van der Waals surface area contributed by atoms with E-state index in [1.165, 1.54) is 0 Å². The number of thiophene rings is 1. The number of hydrogen-bond donors (Lipinski definition) is 2. The minimum absolute atomic E-state index is 0.111. The van der Waals surface area contributed by atoms with E-state index in [1.54, 1.807) is 11.3 Å². The van der Waals surface area contributed by atoms with Crippen LogP contribution in [0.3, 0.4) is 0 Å². The van der Waals surface area contributed by atoms with Crippen LogP contribution in [0, 0.1) is 0 Å². The lowest BCUT2D eigenvalue weighted by atomic mass is 9.99. The maximum absolute atomic E-state index is 13.1. The summed E-state index contributed by atoms with van der Waals surface area (Å²) in [5.74, 6) is 1.85. The van der Waals surface area contributed by atoms with Crippen molar-refractivity contribution in [2.24, 2.45) is 0 Å². The van der Waals surface area contributed by atoms with Gasteiger partial charge in [-0.25, -0.2) is 9.97 Å². The van der Waals surface area contributed by atoms with Gasteiger partial charge in [-0.3, -0.25) is 4.79 Å². The van der Waals surface area contributed by atoms with Gasteiger partial charge in [0.25, 0.3) is 5.91 Å². The van der Waals surface area contributed by atoms with Crippen LogP contribution in [0.5, 0.6) is 0 Å². The highest BCUT2D eigenvalue weighted by atomic mass is 32.1. The molecule has 0 saturated carbocycles. The smallest absolute Gasteiger partial charge is 0.264 e. The number of anilines is 3. The number of aromatic nitrogens is 2. The fraction of sp³-hybridized carbons (Fsp3) is 0.458. The first-order valence-corrected chi connectivity index (χ1v) is 12.2. The van der Waals surface area contributed by atoms with Gasteiger partial charge in [-0.1, -0.05) is 13.8 Å². The van der Waals surface area contributed by atoms with Crippen molar-refractivity contribution in [3.63, 3.8) is 0 Å². The third kappa shape index (κ3) is 4.56. The second-order valence-electron chi connectivity index (χ2n) is 8.31.